The van der Waals surface area contributed by atoms with Crippen LogP contribution in [0.15, 0.2) is 0 Å². The van der Waals surface area contributed by atoms with Gasteiger partial charge in [-0.1, -0.05) is 27.2 Å². The van der Waals surface area contributed by atoms with Gasteiger partial charge in [0.05, 0.1) is 17.3 Å². The zero-order valence-corrected chi connectivity index (χ0v) is 12.9. The Morgan fingerprint density at radius 2 is 2.17 bits per heavy atom. The van der Waals surface area contributed by atoms with Crippen molar-refractivity contribution in [1.82, 2.24) is 10.3 Å². The maximum atomic E-state index is 5.23. The molecule has 0 saturated carbocycles. The van der Waals surface area contributed by atoms with Crippen LogP contribution in [0.3, 0.4) is 0 Å². The molecule has 4 heteroatoms. The largest absolute Gasteiger partial charge is 0.378 e. The number of ether oxygens (including phenoxy) is 1. The average Bonchev–Trinajstić information content (AvgIpc) is 2.66. The second kappa shape index (κ2) is 8.62. The van der Waals surface area contributed by atoms with E-state index in [1.807, 2.05) is 11.3 Å². The summed E-state index contributed by atoms with van der Waals surface area (Å²) in [5, 5.41) is 4.72. The van der Waals surface area contributed by atoms with E-state index in [1.54, 1.807) is 7.11 Å². The summed E-state index contributed by atoms with van der Waals surface area (Å²) in [6, 6.07) is 0. The molecule has 0 saturated heterocycles. The predicted octanol–water partition coefficient (Wildman–Crippen LogP) is 3.38. The van der Waals surface area contributed by atoms with Gasteiger partial charge in [-0.05, 0) is 18.9 Å². The number of methoxy groups -OCH3 is 1. The SMILES string of the molecule is CCCCNCc1sc(CC(C)C)nc1COC. The molecule has 1 aromatic heterocycles. The fraction of sp³-hybridized carbons (Fsp3) is 0.786. The van der Waals surface area contributed by atoms with Gasteiger partial charge in [-0.15, -0.1) is 11.3 Å². The molecule has 1 N–H and O–H groups in total. The molecule has 18 heavy (non-hydrogen) atoms. The maximum Gasteiger partial charge on any atom is 0.0935 e. The van der Waals surface area contributed by atoms with Crippen LogP contribution in [0, 0.1) is 5.92 Å². The van der Waals surface area contributed by atoms with Gasteiger partial charge in [0.25, 0.3) is 0 Å². The summed E-state index contributed by atoms with van der Waals surface area (Å²) in [6.45, 7) is 9.31. The van der Waals surface area contributed by atoms with Crippen LogP contribution < -0.4 is 5.32 Å². The Bertz CT molecular complexity index is 337. The Labute approximate surface area is 115 Å². The Balaban J connectivity index is 2.59. The van der Waals surface area contributed by atoms with Crippen molar-refractivity contribution in [3.05, 3.63) is 15.6 Å². The third-order valence-corrected chi connectivity index (χ3v) is 3.80. The molecule has 1 aromatic rings. The lowest BCUT2D eigenvalue weighted by atomic mass is 10.1. The van der Waals surface area contributed by atoms with E-state index in [0.29, 0.717) is 12.5 Å². The zero-order chi connectivity index (χ0) is 13.4. The molecule has 1 heterocycles. The molecular formula is C14H26N2OS. The quantitative estimate of drug-likeness (QED) is 0.699. The second-order valence-electron chi connectivity index (χ2n) is 5.04. The van der Waals surface area contributed by atoms with E-state index in [2.05, 4.69) is 26.1 Å². The molecule has 0 spiro atoms. The van der Waals surface area contributed by atoms with Gasteiger partial charge in [0, 0.05) is 25.0 Å². The molecule has 0 unspecified atom stereocenters. The Morgan fingerprint density at radius 3 is 2.78 bits per heavy atom. The van der Waals surface area contributed by atoms with Crippen molar-refractivity contribution in [3.8, 4) is 0 Å². The minimum atomic E-state index is 0.624. The smallest absolute Gasteiger partial charge is 0.0935 e. The van der Waals surface area contributed by atoms with Crippen molar-refractivity contribution >= 4 is 11.3 Å². The van der Waals surface area contributed by atoms with Gasteiger partial charge in [0.1, 0.15) is 0 Å². The number of nitrogens with zero attached hydrogens (tertiary/aromatic N) is 1. The summed E-state index contributed by atoms with van der Waals surface area (Å²) in [4.78, 5) is 6.03. The normalized spacial score (nSPS) is 11.4. The van der Waals surface area contributed by atoms with E-state index >= 15 is 0 Å². The Hall–Kier alpha value is -0.450. The number of nitrogens with one attached hydrogen (secondary N) is 1. The lowest BCUT2D eigenvalue weighted by Gasteiger charge is -2.03. The number of thiazole rings is 1. The highest BCUT2D eigenvalue weighted by atomic mass is 32.1. The van der Waals surface area contributed by atoms with E-state index in [1.165, 1.54) is 22.7 Å². The number of rotatable bonds is 9. The summed E-state index contributed by atoms with van der Waals surface area (Å²) in [5.74, 6) is 0.660. The highest BCUT2D eigenvalue weighted by Gasteiger charge is 2.11. The molecule has 0 aliphatic heterocycles. The van der Waals surface area contributed by atoms with E-state index < -0.39 is 0 Å². The van der Waals surface area contributed by atoms with Gasteiger partial charge >= 0.3 is 0 Å². The molecule has 0 amide bonds. The summed E-state index contributed by atoms with van der Waals surface area (Å²) in [6.07, 6.45) is 3.53. The molecule has 3 nitrogen and oxygen atoms in total. The third kappa shape index (κ3) is 5.46. The van der Waals surface area contributed by atoms with Crippen molar-refractivity contribution in [1.29, 1.82) is 0 Å². The van der Waals surface area contributed by atoms with Crippen LogP contribution in [0.5, 0.6) is 0 Å². The fourth-order valence-electron chi connectivity index (χ4n) is 1.76. The van der Waals surface area contributed by atoms with Gasteiger partial charge in [-0.3, -0.25) is 0 Å². The number of unbranched alkanes of at least 4 members (excludes halogenated alkanes) is 1. The Kier molecular flexibility index (Phi) is 7.47. The van der Waals surface area contributed by atoms with Gasteiger partial charge in [0.2, 0.25) is 0 Å². The first kappa shape index (κ1) is 15.6. The lowest BCUT2D eigenvalue weighted by Crippen LogP contribution is -2.14. The van der Waals surface area contributed by atoms with E-state index in [0.717, 1.165) is 25.2 Å². The number of aromatic nitrogens is 1. The van der Waals surface area contributed by atoms with Gasteiger partial charge in [-0.25, -0.2) is 4.98 Å². The van der Waals surface area contributed by atoms with E-state index in [9.17, 15) is 0 Å². The molecule has 1 rings (SSSR count). The van der Waals surface area contributed by atoms with Crippen LogP contribution in [-0.2, 0) is 24.3 Å². The number of hydrogen-bond donors (Lipinski definition) is 1. The van der Waals surface area contributed by atoms with E-state index in [4.69, 9.17) is 9.72 Å². The van der Waals surface area contributed by atoms with Gasteiger partial charge in [0.15, 0.2) is 0 Å². The molecule has 0 radical (unpaired) electrons. The highest BCUT2D eigenvalue weighted by molar-refractivity contribution is 7.11. The first-order chi connectivity index (χ1) is 8.67. The molecule has 104 valence electrons. The van der Waals surface area contributed by atoms with Crippen molar-refractivity contribution in [3.63, 3.8) is 0 Å². The topological polar surface area (TPSA) is 34.2 Å². The van der Waals surface area contributed by atoms with Gasteiger partial charge in [-0.2, -0.15) is 0 Å². The summed E-state index contributed by atoms with van der Waals surface area (Å²) < 4.78 is 5.23. The standard InChI is InChI=1S/C14H26N2OS/c1-5-6-7-15-9-13-12(10-17-4)16-14(18-13)8-11(2)3/h11,15H,5-10H2,1-4H3. The van der Waals surface area contributed by atoms with Crippen molar-refractivity contribution in [2.75, 3.05) is 13.7 Å². The third-order valence-electron chi connectivity index (χ3n) is 2.68. The van der Waals surface area contributed by atoms with Crippen molar-refractivity contribution < 1.29 is 4.74 Å². The first-order valence-corrected chi connectivity index (χ1v) is 7.66. The molecule has 0 aromatic carbocycles. The minimum Gasteiger partial charge on any atom is -0.378 e. The minimum absolute atomic E-state index is 0.624. The first-order valence-electron chi connectivity index (χ1n) is 6.84. The molecular weight excluding hydrogens is 244 g/mol. The summed E-state index contributed by atoms with van der Waals surface area (Å²) in [7, 11) is 1.73. The monoisotopic (exact) mass is 270 g/mol. The van der Waals surface area contributed by atoms with Crippen LogP contribution in [0.25, 0.3) is 0 Å². The zero-order valence-electron chi connectivity index (χ0n) is 12.1. The number of hydrogen-bond acceptors (Lipinski definition) is 4. The fourth-order valence-corrected chi connectivity index (χ4v) is 3.02. The van der Waals surface area contributed by atoms with Crippen LogP contribution in [0.4, 0.5) is 0 Å². The molecule has 0 atom stereocenters. The van der Waals surface area contributed by atoms with Crippen molar-refractivity contribution in [2.45, 2.75) is 53.2 Å². The Morgan fingerprint density at radius 1 is 1.39 bits per heavy atom. The van der Waals surface area contributed by atoms with Crippen molar-refractivity contribution in [2.24, 2.45) is 5.92 Å². The summed E-state index contributed by atoms with van der Waals surface area (Å²) in [5.41, 5.74) is 1.11. The molecule has 0 fully saturated rings. The molecule has 0 aliphatic rings. The van der Waals surface area contributed by atoms with Crippen LogP contribution in [-0.4, -0.2) is 18.6 Å². The van der Waals surface area contributed by atoms with E-state index in [-0.39, 0.29) is 0 Å². The van der Waals surface area contributed by atoms with Crippen LogP contribution in [0.2, 0.25) is 0 Å². The summed E-state index contributed by atoms with van der Waals surface area (Å²) >= 11 is 1.83. The second-order valence-corrected chi connectivity index (χ2v) is 6.21. The highest BCUT2D eigenvalue weighted by Crippen LogP contribution is 2.21. The molecule has 0 bridgehead atoms. The van der Waals surface area contributed by atoms with Crippen LogP contribution >= 0.6 is 11.3 Å². The lowest BCUT2D eigenvalue weighted by molar-refractivity contribution is 0.181. The van der Waals surface area contributed by atoms with Gasteiger partial charge < -0.3 is 10.1 Å². The molecule has 0 aliphatic carbocycles. The van der Waals surface area contributed by atoms with Crippen LogP contribution in [0.1, 0.15) is 49.2 Å². The predicted molar refractivity (Wildman–Crippen MR) is 78.0 cm³/mol. The average molecular weight is 270 g/mol. The maximum absolute atomic E-state index is 5.23.